The highest BCUT2D eigenvalue weighted by molar-refractivity contribution is 7.99. The van der Waals surface area contributed by atoms with Gasteiger partial charge < -0.3 is 19.7 Å². The van der Waals surface area contributed by atoms with Crippen LogP contribution in [0.3, 0.4) is 0 Å². The minimum absolute atomic E-state index is 0.0819. The molecule has 1 amide bonds. The van der Waals surface area contributed by atoms with Crippen molar-refractivity contribution in [1.82, 2.24) is 19.8 Å². The van der Waals surface area contributed by atoms with E-state index in [1.54, 1.807) is 23.9 Å². The highest BCUT2D eigenvalue weighted by atomic mass is 32.2. The standard InChI is InChI=1S/C18H23N6O5S/c25-12-13-15(23(27)28)16(22-5-10-30-11-6-22)21-18(20-13)24(7-3-19-4-8-24)17(26)14-2-1-9-29-14/h1-2,9,19,25H,3-8,10-12H2/q+1. The molecule has 4 heterocycles. The van der Waals surface area contributed by atoms with Crippen molar-refractivity contribution in [2.24, 2.45) is 0 Å². The van der Waals surface area contributed by atoms with Crippen molar-refractivity contribution in [3.05, 3.63) is 40.0 Å². The van der Waals surface area contributed by atoms with E-state index in [9.17, 15) is 20.0 Å². The quantitative estimate of drug-likeness (QED) is 0.394. The Labute approximate surface area is 176 Å². The molecule has 0 spiro atoms. The van der Waals surface area contributed by atoms with Gasteiger partial charge in [-0.3, -0.25) is 10.1 Å². The van der Waals surface area contributed by atoms with Gasteiger partial charge in [0.25, 0.3) is 0 Å². The predicted octanol–water partition coefficient (Wildman–Crippen LogP) is 0.774. The van der Waals surface area contributed by atoms with E-state index in [1.165, 1.54) is 6.26 Å². The molecule has 2 aromatic rings. The number of aliphatic hydroxyl groups excluding tert-OH is 1. The Balaban J connectivity index is 1.88. The topological polar surface area (TPSA) is 135 Å². The number of hydrogen-bond acceptors (Lipinski definition) is 10. The Morgan fingerprint density at radius 1 is 1.33 bits per heavy atom. The van der Waals surface area contributed by atoms with E-state index in [0.717, 1.165) is 11.5 Å². The first-order chi connectivity index (χ1) is 14.6. The Kier molecular flexibility index (Phi) is 5.99. The zero-order valence-corrected chi connectivity index (χ0v) is 17.1. The number of nitrogens with zero attached hydrogens (tertiary/aromatic N) is 5. The third-order valence-electron chi connectivity index (χ3n) is 5.41. The molecule has 0 atom stereocenters. The molecule has 4 rings (SSSR count). The van der Waals surface area contributed by atoms with Crippen molar-refractivity contribution in [2.45, 2.75) is 6.61 Å². The summed E-state index contributed by atoms with van der Waals surface area (Å²) in [5.41, 5.74) is -0.381. The van der Waals surface area contributed by atoms with Crippen LogP contribution in [-0.4, -0.2) is 76.7 Å². The summed E-state index contributed by atoms with van der Waals surface area (Å²) in [6.45, 7) is 2.43. The molecule has 2 fully saturated rings. The van der Waals surface area contributed by atoms with Crippen LogP contribution in [0.25, 0.3) is 0 Å². The summed E-state index contributed by atoms with van der Waals surface area (Å²) in [5.74, 6) is 1.83. The summed E-state index contributed by atoms with van der Waals surface area (Å²) >= 11 is 1.77. The fraction of sp³-hybridized carbons (Fsp3) is 0.500. The summed E-state index contributed by atoms with van der Waals surface area (Å²) in [7, 11) is 0. The van der Waals surface area contributed by atoms with E-state index >= 15 is 0 Å². The number of piperazine rings is 1. The van der Waals surface area contributed by atoms with Crippen LogP contribution in [0.1, 0.15) is 16.2 Å². The van der Waals surface area contributed by atoms with Crippen LogP contribution in [0.15, 0.2) is 22.8 Å². The van der Waals surface area contributed by atoms with Crippen molar-refractivity contribution in [3.8, 4) is 0 Å². The predicted molar refractivity (Wildman–Crippen MR) is 112 cm³/mol. The largest absolute Gasteiger partial charge is 0.455 e. The molecule has 2 N–H and O–H groups in total. The number of rotatable bonds is 5. The Hall–Kier alpha value is -2.54. The second-order valence-electron chi connectivity index (χ2n) is 7.10. The summed E-state index contributed by atoms with van der Waals surface area (Å²) in [6.07, 6.45) is 1.43. The molecular formula is C18H23N6O5S+. The van der Waals surface area contributed by atoms with Crippen LogP contribution >= 0.6 is 11.8 Å². The van der Waals surface area contributed by atoms with E-state index in [2.05, 4.69) is 15.3 Å². The highest BCUT2D eigenvalue weighted by Gasteiger charge is 2.47. The van der Waals surface area contributed by atoms with Gasteiger partial charge in [-0.15, -0.1) is 0 Å². The van der Waals surface area contributed by atoms with Gasteiger partial charge in [0.1, 0.15) is 13.1 Å². The number of furan rings is 1. The summed E-state index contributed by atoms with van der Waals surface area (Å²) in [5, 5.41) is 24.9. The molecule has 2 aliphatic rings. The first-order valence-corrected chi connectivity index (χ1v) is 10.9. The smallest absolute Gasteiger partial charge is 0.389 e. The van der Waals surface area contributed by atoms with Crippen molar-refractivity contribution in [3.63, 3.8) is 0 Å². The number of anilines is 1. The van der Waals surface area contributed by atoms with Gasteiger partial charge in [0.05, 0.1) is 17.8 Å². The van der Waals surface area contributed by atoms with Gasteiger partial charge >= 0.3 is 17.5 Å². The van der Waals surface area contributed by atoms with Gasteiger partial charge in [-0.25, -0.2) is 4.79 Å². The number of aliphatic hydroxyl groups is 1. The fourth-order valence-corrected chi connectivity index (χ4v) is 4.74. The molecule has 11 nitrogen and oxygen atoms in total. The number of carbonyl (C=O) groups is 1. The maximum absolute atomic E-state index is 13.4. The molecular weight excluding hydrogens is 412 g/mol. The molecule has 0 aromatic carbocycles. The van der Waals surface area contributed by atoms with Crippen molar-refractivity contribution >= 4 is 35.1 Å². The van der Waals surface area contributed by atoms with Gasteiger partial charge in [0.15, 0.2) is 5.69 Å². The molecule has 2 saturated heterocycles. The zero-order chi connectivity index (χ0) is 21.1. The molecule has 0 aliphatic carbocycles. The number of nitrogens with one attached hydrogen (secondary N) is 1. The Morgan fingerprint density at radius 2 is 2.07 bits per heavy atom. The number of thioether (sulfide) groups is 1. The molecule has 2 aromatic heterocycles. The average molecular weight is 435 g/mol. The third kappa shape index (κ3) is 3.67. The lowest BCUT2D eigenvalue weighted by atomic mass is 10.2. The molecule has 2 aliphatic heterocycles. The molecule has 0 bridgehead atoms. The maximum atomic E-state index is 13.4. The lowest BCUT2D eigenvalue weighted by Gasteiger charge is -2.36. The summed E-state index contributed by atoms with van der Waals surface area (Å²) in [6, 6.07) is 3.23. The molecule has 12 heteroatoms. The second-order valence-corrected chi connectivity index (χ2v) is 8.33. The summed E-state index contributed by atoms with van der Waals surface area (Å²) < 4.78 is 5.13. The van der Waals surface area contributed by atoms with Gasteiger partial charge in [-0.2, -0.15) is 26.2 Å². The van der Waals surface area contributed by atoms with E-state index in [4.69, 9.17) is 4.42 Å². The van der Waals surface area contributed by atoms with Crippen LogP contribution in [-0.2, 0) is 6.61 Å². The lowest BCUT2D eigenvalue weighted by Crippen LogP contribution is -2.64. The molecule has 0 radical (unpaired) electrons. The Bertz CT molecular complexity index is 925. The minimum Gasteiger partial charge on any atom is -0.455 e. The van der Waals surface area contributed by atoms with Crippen LogP contribution < -0.4 is 14.7 Å². The highest BCUT2D eigenvalue weighted by Crippen LogP contribution is 2.35. The summed E-state index contributed by atoms with van der Waals surface area (Å²) in [4.78, 5) is 35.5. The van der Waals surface area contributed by atoms with Crippen LogP contribution in [0.2, 0.25) is 0 Å². The average Bonchev–Trinajstić information content (AvgIpc) is 3.33. The van der Waals surface area contributed by atoms with Crippen LogP contribution in [0.4, 0.5) is 17.5 Å². The van der Waals surface area contributed by atoms with Crippen molar-refractivity contribution < 1.29 is 19.2 Å². The molecule has 30 heavy (non-hydrogen) atoms. The monoisotopic (exact) mass is 435 g/mol. The van der Waals surface area contributed by atoms with Gasteiger partial charge in [0.2, 0.25) is 11.6 Å². The fourth-order valence-electron chi connectivity index (χ4n) is 3.84. The number of carbonyl (C=O) groups excluding carboxylic acids is 1. The number of aromatic nitrogens is 2. The van der Waals surface area contributed by atoms with Crippen LogP contribution in [0, 0.1) is 10.1 Å². The zero-order valence-electron chi connectivity index (χ0n) is 16.3. The van der Waals surface area contributed by atoms with Crippen molar-refractivity contribution in [2.75, 3.05) is 55.7 Å². The van der Waals surface area contributed by atoms with E-state index < -0.39 is 11.5 Å². The molecule has 0 saturated carbocycles. The normalized spacial score (nSPS) is 18.9. The first kappa shape index (κ1) is 20.7. The minimum atomic E-state index is -0.616. The van der Waals surface area contributed by atoms with E-state index in [-0.39, 0.29) is 39.3 Å². The first-order valence-electron chi connectivity index (χ1n) is 9.72. The molecule has 0 unspecified atom stereocenters. The van der Waals surface area contributed by atoms with Gasteiger partial charge in [-0.1, -0.05) is 0 Å². The van der Waals surface area contributed by atoms with E-state index in [1.807, 2.05) is 4.90 Å². The maximum Gasteiger partial charge on any atom is 0.389 e. The number of quaternary nitrogens is 1. The van der Waals surface area contributed by atoms with E-state index in [0.29, 0.717) is 39.3 Å². The van der Waals surface area contributed by atoms with Gasteiger partial charge in [-0.05, 0) is 12.1 Å². The van der Waals surface area contributed by atoms with Crippen LogP contribution in [0.5, 0.6) is 0 Å². The number of hydrogen-bond donors (Lipinski definition) is 2. The number of nitro groups is 1. The Morgan fingerprint density at radius 3 is 2.67 bits per heavy atom. The molecule has 160 valence electrons. The SMILES string of the molecule is O=C(c1ccco1)[N+]1(c2nc(CO)c([N+](=O)[O-])c(N3CCSCC3)n2)CCNCC1. The van der Waals surface area contributed by atoms with Gasteiger partial charge in [0, 0.05) is 37.7 Å². The third-order valence-corrected chi connectivity index (χ3v) is 6.36. The lowest BCUT2D eigenvalue weighted by molar-refractivity contribution is -0.385. The van der Waals surface area contributed by atoms with Crippen molar-refractivity contribution in [1.29, 1.82) is 0 Å². The second kappa shape index (κ2) is 8.68. The number of amides is 1.